The smallest absolute Gasteiger partial charge is 0.273 e. The number of fused-ring (bicyclic) bond motifs is 1. The van der Waals surface area contributed by atoms with Crippen LogP contribution in [0.15, 0.2) is 73.1 Å². The van der Waals surface area contributed by atoms with E-state index in [-0.39, 0.29) is 11.7 Å². The molecule has 3 aromatic heterocycles. The topological polar surface area (TPSA) is 94.7 Å². The molecule has 36 heavy (non-hydrogen) atoms. The zero-order chi connectivity index (χ0) is 25.2. The number of ketones is 1. The molecule has 8 nitrogen and oxygen atoms in total. The Morgan fingerprint density at radius 3 is 2.53 bits per heavy atom. The monoisotopic (exact) mass is 476 g/mol. The highest BCUT2D eigenvalue weighted by Crippen LogP contribution is 2.23. The van der Waals surface area contributed by atoms with Gasteiger partial charge in [0, 0.05) is 41.6 Å². The Morgan fingerprint density at radius 2 is 1.78 bits per heavy atom. The summed E-state index contributed by atoms with van der Waals surface area (Å²) in [6.45, 7) is 3.72. The molecule has 0 unspecified atom stereocenters. The summed E-state index contributed by atoms with van der Waals surface area (Å²) < 4.78 is 3.26. The van der Waals surface area contributed by atoms with Crippen molar-refractivity contribution < 1.29 is 9.59 Å². The first-order valence-electron chi connectivity index (χ1n) is 11.4. The Balaban J connectivity index is 1.42. The van der Waals surface area contributed by atoms with Gasteiger partial charge in [-0.2, -0.15) is 10.2 Å². The van der Waals surface area contributed by atoms with Crippen molar-refractivity contribution in [2.75, 3.05) is 5.32 Å². The first-order chi connectivity index (χ1) is 17.4. The molecule has 1 N–H and O–H groups in total. The fourth-order valence-corrected chi connectivity index (χ4v) is 3.99. The van der Waals surface area contributed by atoms with Gasteiger partial charge in [0.15, 0.2) is 5.78 Å². The van der Waals surface area contributed by atoms with Gasteiger partial charge >= 0.3 is 0 Å². The van der Waals surface area contributed by atoms with E-state index in [1.54, 1.807) is 48.4 Å². The average Bonchev–Trinajstić information content (AvgIpc) is 3.45. The number of hydrogen-bond acceptors (Lipinski definition) is 5. The molecule has 0 bridgehead atoms. The second-order valence-corrected chi connectivity index (χ2v) is 8.54. The van der Waals surface area contributed by atoms with Gasteiger partial charge in [-0.25, -0.2) is 4.68 Å². The van der Waals surface area contributed by atoms with E-state index in [1.807, 2.05) is 62.5 Å². The van der Waals surface area contributed by atoms with E-state index in [0.29, 0.717) is 22.5 Å². The summed E-state index contributed by atoms with van der Waals surface area (Å²) in [7, 11) is 1.72. The molecule has 0 atom stereocenters. The molecule has 3 heterocycles. The molecule has 0 aliphatic heterocycles. The van der Waals surface area contributed by atoms with Gasteiger partial charge in [0.25, 0.3) is 5.91 Å². The number of benzene rings is 2. The number of hydrogen-bond donors (Lipinski definition) is 1. The minimum Gasteiger partial charge on any atom is -0.320 e. The lowest BCUT2D eigenvalue weighted by Crippen LogP contribution is -2.17. The number of rotatable bonds is 6. The number of pyridine rings is 1. The molecule has 0 saturated carbocycles. The Hall–Kier alpha value is -4.85. The van der Waals surface area contributed by atoms with E-state index in [9.17, 15) is 9.59 Å². The van der Waals surface area contributed by atoms with Crippen LogP contribution in [0.3, 0.4) is 0 Å². The highest BCUT2D eigenvalue weighted by atomic mass is 16.2. The first kappa shape index (κ1) is 22.9. The van der Waals surface area contributed by atoms with Crippen molar-refractivity contribution in [3.8, 4) is 0 Å². The van der Waals surface area contributed by atoms with Crippen LogP contribution in [0.4, 0.5) is 5.69 Å². The van der Waals surface area contributed by atoms with Crippen molar-refractivity contribution in [3.05, 3.63) is 107 Å². The van der Waals surface area contributed by atoms with Gasteiger partial charge in [0.05, 0.1) is 23.1 Å². The molecule has 0 aliphatic carbocycles. The molecule has 0 saturated heterocycles. The molecule has 5 rings (SSSR count). The third-order valence-corrected chi connectivity index (χ3v) is 5.92. The van der Waals surface area contributed by atoms with Gasteiger partial charge in [-0.15, -0.1) is 0 Å². The van der Waals surface area contributed by atoms with Crippen LogP contribution < -0.4 is 5.32 Å². The molecule has 2 aromatic carbocycles. The molecule has 1 amide bonds. The quantitative estimate of drug-likeness (QED) is 0.352. The van der Waals surface area contributed by atoms with Gasteiger partial charge in [-0.1, -0.05) is 30.3 Å². The summed E-state index contributed by atoms with van der Waals surface area (Å²) in [5.74, 6) is -0.430. The molecule has 0 spiro atoms. The molecule has 178 valence electrons. The summed E-state index contributed by atoms with van der Waals surface area (Å²) in [5.41, 5.74) is 5.25. The van der Waals surface area contributed by atoms with E-state index in [1.165, 1.54) is 4.68 Å². The third-order valence-electron chi connectivity index (χ3n) is 5.92. The Bertz CT molecular complexity index is 1630. The fraction of sp³-hybridized carbons (Fsp3) is 0.107. The number of aromatic nitrogens is 5. The largest absolute Gasteiger partial charge is 0.320 e. The van der Waals surface area contributed by atoms with Crippen molar-refractivity contribution in [1.29, 1.82) is 0 Å². The number of anilines is 1. The average molecular weight is 477 g/mol. The maximum Gasteiger partial charge on any atom is 0.273 e. The minimum absolute atomic E-state index is 0.148. The lowest BCUT2D eigenvalue weighted by atomic mass is 10.00. The maximum absolute atomic E-state index is 13.4. The minimum atomic E-state index is -0.282. The van der Waals surface area contributed by atoms with Gasteiger partial charge < -0.3 is 5.32 Å². The number of amides is 1. The van der Waals surface area contributed by atoms with Gasteiger partial charge in [-0.3, -0.25) is 19.3 Å². The lowest BCUT2D eigenvalue weighted by molar-refractivity contribution is 0.101. The zero-order valence-electron chi connectivity index (χ0n) is 20.1. The second kappa shape index (κ2) is 9.42. The van der Waals surface area contributed by atoms with Crippen molar-refractivity contribution in [2.45, 2.75) is 13.8 Å². The number of carbonyl (C=O) groups is 2. The molecule has 5 aromatic rings. The molecule has 0 radical (unpaired) electrons. The van der Waals surface area contributed by atoms with Crippen molar-refractivity contribution >= 4 is 40.6 Å². The van der Waals surface area contributed by atoms with Crippen LogP contribution in [-0.2, 0) is 7.05 Å². The molecule has 0 aliphatic rings. The summed E-state index contributed by atoms with van der Waals surface area (Å²) in [5, 5.41) is 12.5. The maximum atomic E-state index is 13.4. The lowest BCUT2D eigenvalue weighted by Gasteiger charge is -2.11. The normalized spacial score (nSPS) is 11.3. The number of aryl methyl sites for hydroxylation is 3. The molecular formula is C28H24N6O2. The third kappa shape index (κ3) is 4.56. The van der Waals surface area contributed by atoms with Crippen molar-refractivity contribution in [3.63, 3.8) is 0 Å². The van der Waals surface area contributed by atoms with E-state index in [0.717, 1.165) is 27.9 Å². The predicted octanol–water partition coefficient (Wildman–Crippen LogP) is 4.89. The van der Waals surface area contributed by atoms with Crippen LogP contribution in [0, 0.1) is 13.8 Å². The number of carbonyl (C=O) groups excluding carboxylic acids is 2. The van der Waals surface area contributed by atoms with E-state index < -0.39 is 0 Å². The summed E-state index contributed by atoms with van der Waals surface area (Å²) in [6, 6.07) is 18.2. The second-order valence-electron chi connectivity index (χ2n) is 8.54. The van der Waals surface area contributed by atoms with Crippen LogP contribution in [-0.4, -0.2) is 36.2 Å². The standard InChI is InChI=1S/C28H24N6O2/c1-18-7-8-20(15-24(18)31-28(36)26-14-19(2)32-33(26)3)27(35)21-9-10-22-17-30-34(25(22)16-21)13-11-23-6-4-5-12-29-23/h4-17H,1-3H3,(H,31,36). The molecule has 8 heteroatoms. The highest BCUT2D eigenvalue weighted by Gasteiger charge is 2.16. The van der Waals surface area contributed by atoms with Gasteiger partial charge in [-0.05, 0) is 55.8 Å². The Labute approximate surface area is 207 Å². The fourth-order valence-electron chi connectivity index (χ4n) is 3.99. The van der Waals surface area contributed by atoms with Crippen molar-refractivity contribution in [1.82, 2.24) is 24.5 Å². The van der Waals surface area contributed by atoms with E-state index in [4.69, 9.17) is 0 Å². The highest BCUT2D eigenvalue weighted by molar-refractivity contribution is 6.12. The van der Waals surface area contributed by atoms with Gasteiger partial charge in [0.2, 0.25) is 0 Å². The summed E-state index contributed by atoms with van der Waals surface area (Å²) in [4.78, 5) is 30.5. The SMILES string of the molecule is Cc1cc(C(=O)Nc2cc(C(=O)c3ccc4cnn(C=Cc5ccccn5)c4c3)ccc2C)n(C)n1. The van der Waals surface area contributed by atoms with Crippen LogP contribution in [0.5, 0.6) is 0 Å². The van der Waals surface area contributed by atoms with Crippen LogP contribution in [0.2, 0.25) is 0 Å². The first-order valence-corrected chi connectivity index (χ1v) is 11.4. The molecule has 0 fully saturated rings. The van der Waals surface area contributed by atoms with Gasteiger partial charge in [0.1, 0.15) is 5.69 Å². The zero-order valence-corrected chi connectivity index (χ0v) is 20.1. The van der Waals surface area contributed by atoms with E-state index >= 15 is 0 Å². The predicted molar refractivity (Wildman–Crippen MR) is 140 cm³/mol. The van der Waals surface area contributed by atoms with Crippen molar-refractivity contribution in [2.24, 2.45) is 7.05 Å². The van der Waals surface area contributed by atoms with Crippen LogP contribution in [0.1, 0.15) is 43.4 Å². The number of nitrogens with zero attached hydrogens (tertiary/aromatic N) is 5. The number of nitrogens with one attached hydrogen (secondary N) is 1. The summed E-state index contributed by atoms with van der Waals surface area (Å²) in [6.07, 6.45) is 7.16. The Kier molecular flexibility index (Phi) is 6.00. The van der Waals surface area contributed by atoms with Crippen LogP contribution in [0.25, 0.3) is 23.2 Å². The van der Waals surface area contributed by atoms with Crippen LogP contribution >= 0.6 is 0 Å². The summed E-state index contributed by atoms with van der Waals surface area (Å²) >= 11 is 0. The van der Waals surface area contributed by atoms with E-state index in [2.05, 4.69) is 20.5 Å². The Morgan fingerprint density at radius 1 is 0.972 bits per heavy atom. The molecular weight excluding hydrogens is 452 g/mol.